The third kappa shape index (κ3) is 1.76. The van der Waals surface area contributed by atoms with Gasteiger partial charge < -0.3 is 10.5 Å². The number of nitrogens with two attached hydrogens (primary N) is 1. The van der Waals surface area contributed by atoms with Crippen LogP contribution >= 0.6 is 0 Å². The molecule has 16 heavy (non-hydrogen) atoms. The Bertz CT molecular complexity index is 555. The van der Waals surface area contributed by atoms with E-state index in [9.17, 15) is 0 Å². The van der Waals surface area contributed by atoms with Crippen LogP contribution in [0.25, 0.3) is 0 Å². The molecule has 0 radical (unpaired) electrons. The van der Waals surface area contributed by atoms with Gasteiger partial charge in [0.2, 0.25) is 0 Å². The number of tetrazole rings is 1. The van der Waals surface area contributed by atoms with Gasteiger partial charge in [0.1, 0.15) is 0 Å². The Morgan fingerprint density at radius 3 is 2.88 bits per heavy atom. The Morgan fingerprint density at radius 2 is 2.31 bits per heavy atom. The van der Waals surface area contributed by atoms with Crippen LogP contribution in [0.3, 0.4) is 0 Å². The molecule has 1 aromatic carbocycles. The van der Waals surface area contributed by atoms with Gasteiger partial charge in [-0.3, -0.25) is 0 Å². The molecule has 0 atom stereocenters. The van der Waals surface area contributed by atoms with E-state index in [1.165, 1.54) is 10.7 Å². The third-order valence-electron chi connectivity index (χ3n) is 1.92. The maximum absolute atomic E-state index is 8.67. The van der Waals surface area contributed by atoms with E-state index >= 15 is 0 Å². The molecule has 2 aromatic rings. The molecule has 2 rings (SSSR count). The zero-order chi connectivity index (χ0) is 11.5. The molecule has 80 valence electrons. The fraction of sp³-hybridized carbons (Fsp3) is 0.111. The molecule has 0 aliphatic rings. The van der Waals surface area contributed by atoms with Crippen LogP contribution in [0.5, 0.6) is 11.8 Å². The van der Waals surface area contributed by atoms with Crippen molar-refractivity contribution in [3.05, 3.63) is 23.8 Å². The van der Waals surface area contributed by atoms with Gasteiger partial charge in [0.05, 0.1) is 17.3 Å². The number of nitrogens with zero attached hydrogens (tertiary/aromatic N) is 5. The van der Waals surface area contributed by atoms with Gasteiger partial charge in [0.15, 0.2) is 5.75 Å². The lowest BCUT2D eigenvalue weighted by molar-refractivity contribution is 0.416. The summed E-state index contributed by atoms with van der Waals surface area (Å²) in [6.07, 6.45) is 0. The molecule has 0 spiro atoms. The molecule has 0 unspecified atom stereocenters. The number of nitrogen functional groups attached to an aromatic ring is 1. The number of hydrogen-bond acceptors (Lipinski definition) is 6. The highest BCUT2D eigenvalue weighted by Gasteiger charge is 2.08. The number of ether oxygens (including phenoxy) is 1. The van der Waals surface area contributed by atoms with Crippen LogP contribution in [0.1, 0.15) is 5.56 Å². The highest BCUT2D eigenvalue weighted by molar-refractivity contribution is 5.57. The summed E-state index contributed by atoms with van der Waals surface area (Å²) in [5, 5.41) is 19.4. The normalized spacial score (nSPS) is 9.75. The highest BCUT2D eigenvalue weighted by Crippen LogP contribution is 2.26. The molecule has 0 aliphatic carbocycles. The zero-order valence-electron chi connectivity index (χ0n) is 8.45. The lowest BCUT2D eigenvalue weighted by Crippen LogP contribution is -1.98. The molecule has 0 fully saturated rings. The summed E-state index contributed by atoms with van der Waals surface area (Å²) in [5.41, 5.74) is 6.55. The van der Waals surface area contributed by atoms with E-state index in [2.05, 4.69) is 15.5 Å². The molecule has 7 heteroatoms. The van der Waals surface area contributed by atoms with Crippen LogP contribution in [0.15, 0.2) is 18.2 Å². The van der Waals surface area contributed by atoms with E-state index in [1.54, 1.807) is 19.2 Å². The van der Waals surface area contributed by atoms with Gasteiger partial charge in [-0.05, 0) is 28.6 Å². The molecular weight excluding hydrogens is 208 g/mol. The van der Waals surface area contributed by atoms with Crippen LogP contribution in [0, 0.1) is 11.3 Å². The number of anilines is 1. The van der Waals surface area contributed by atoms with Crippen molar-refractivity contribution >= 4 is 5.69 Å². The SMILES string of the molecule is Cn1nnnc1Oc1ccc(C#N)cc1N. The first-order chi connectivity index (χ1) is 7.70. The summed E-state index contributed by atoms with van der Waals surface area (Å²) < 4.78 is 6.74. The van der Waals surface area contributed by atoms with Crippen molar-refractivity contribution in [1.82, 2.24) is 20.2 Å². The van der Waals surface area contributed by atoms with Gasteiger partial charge in [-0.1, -0.05) is 5.10 Å². The number of aromatic nitrogens is 4. The van der Waals surface area contributed by atoms with Crippen LogP contribution in [-0.4, -0.2) is 20.2 Å². The van der Waals surface area contributed by atoms with Crippen LogP contribution in [-0.2, 0) is 7.05 Å². The number of aryl methyl sites for hydroxylation is 1. The van der Waals surface area contributed by atoms with E-state index in [0.29, 0.717) is 17.0 Å². The molecule has 0 amide bonds. The standard InChI is InChI=1S/C9H8N6O/c1-15-9(12-13-14-15)16-8-3-2-6(5-10)4-7(8)11/h2-4H,11H2,1H3. The smallest absolute Gasteiger partial charge is 0.340 e. The van der Waals surface area contributed by atoms with Crippen LogP contribution in [0.2, 0.25) is 0 Å². The van der Waals surface area contributed by atoms with Gasteiger partial charge in [-0.2, -0.15) is 9.94 Å². The topological polar surface area (TPSA) is 103 Å². The van der Waals surface area contributed by atoms with E-state index in [0.717, 1.165) is 0 Å². The Hall–Kier alpha value is -2.62. The fourth-order valence-corrected chi connectivity index (χ4v) is 1.12. The monoisotopic (exact) mass is 216 g/mol. The Labute approximate surface area is 91.0 Å². The average Bonchev–Trinajstić information content (AvgIpc) is 2.67. The maximum atomic E-state index is 8.67. The lowest BCUT2D eigenvalue weighted by Gasteiger charge is -2.05. The number of hydrogen-bond donors (Lipinski definition) is 1. The summed E-state index contributed by atoms with van der Waals surface area (Å²) in [5.74, 6) is 0.414. The second-order valence-corrected chi connectivity index (χ2v) is 3.05. The molecule has 0 saturated carbocycles. The Balaban J connectivity index is 2.30. The first-order valence-corrected chi connectivity index (χ1v) is 4.40. The minimum atomic E-state index is 0.233. The van der Waals surface area contributed by atoms with E-state index in [-0.39, 0.29) is 6.01 Å². The molecule has 7 nitrogen and oxygen atoms in total. The van der Waals surface area contributed by atoms with Gasteiger partial charge in [-0.25, -0.2) is 0 Å². The lowest BCUT2D eigenvalue weighted by atomic mass is 10.2. The average molecular weight is 216 g/mol. The number of rotatable bonds is 2. The third-order valence-corrected chi connectivity index (χ3v) is 1.92. The quantitative estimate of drug-likeness (QED) is 0.731. The maximum Gasteiger partial charge on any atom is 0.340 e. The van der Waals surface area contributed by atoms with Gasteiger partial charge >= 0.3 is 6.01 Å². The molecule has 0 aliphatic heterocycles. The minimum Gasteiger partial charge on any atom is -0.421 e. The van der Waals surface area contributed by atoms with Crippen molar-refractivity contribution in [1.29, 1.82) is 5.26 Å². The van der Waals surface area contributed by atoms with Crippen LogP contribution in [0.4, 0.5) is 5.69 Å². The first kappa shape index (κ1) is 9.92. The highest BCUT2D eigenvalue weighted by atomic mass is 16.5. The van der Waals surface area contributed by atoms with Crippen molar-refractivity contribution in [2.45, 2.75) is 0 Å². The predicted octanol–water partition coefficient (Wildman–Crippen LogP) is 0.456. The number of nitriles is 1. The fourth-order valence-electron chi connectivity index (χ4n) is 1.12. The van der Waals surface area contributed by atoms with E-state index in [4.69, 9.17) is 15.7 Å². The number of benzene rings is 1. The minimum absolute atomic E-state index is 0.233. The summed E-state index contributed by atoms with van der Waals surface area (Å²) in [4.78, 5) is 0. The summed E-state index contributed by atoms with van der Waals surface area (Å²) in [7, 11) is 1.65. The van der Waals surface area contributed by atoms with Crippen molar-refractivity contribution in [3.8, 4) is 17.8 Å². The summed E-state index contributed by atoms with van der Waals surface area (Å²) in [6, 6.07) is 6.95. The first-order valence-electron chi connectivity index (χ1n) is 4.40. The van der Waals surface area contributed by atoms with Crippen molar-refractivity contribution < 1.29 is 4.74 Å². The summed E-state index contributed by atoms with van der Waals surface area (Å²) in [6.45, 7) is 0. The van der Waals surface area contributed by atoms with Gasteiger partial charge in [0.25, 0.3) is 0 Å². The molecule has 0 saturated heterocycles. The summed E-state index contributed by atoms with van der Waals surface area (Å²) >= 11 is 0. The van der Waals surface area contributed by atoms with Crippen molar-refractivity contribution in [3.63, 3.8) is 0 Å². The molecule has 2 N–H and O–H groups in total. The van der Waals surface area contributed by atoms with E-state index < -0.39 is 0 Å². The molecular formula is C9H8N6O. The second kappa shape index (κ2) is 3.86. The zero-order valence-corrected chi connectivity index (χ0v) is 8.45. The van der Waals surface area contributed by atoms with Gasteiger partial charge in [0, 0.05) is 7.05 Å². The molecule has 0 bridgehead atoms. The predicted molar refractivity (Wildman–Crippen MR) is 54.4 cm³/mol. The molecule has 1 aromatic heterocycles. The second-order valence-electron chi connectivity index (χ2n) is 3.05. The van der Waals surface area contributed by atoms with Crippen molar-refractivity contribution in [2.24, 2.45) is 7.05 Å². The van der Waals surface area contributed by atoms with Crippen molar-refractivity contribution in [2.75, 3.05) is 5.73 Å². The van der Waals surface area contributed by atoms with Crippen LogP contribution < -0.4 is 10.5 Å². The Morgan fingerprint density at radius 1 is 1.50 bits per heavy atom. The largest absolute Gasteiger partial charge is 0.421 e. The van der Waals surface area contributed by atoms with E-state index in [1.807, 2.05) is 6.07 Å². The Kier molecular flexibility index (Phi) is 2.39. The molecule has 1 heterocycles. The van der Waals surface area contributed by atoms with Gasteiger partial charge in [-0.15, -0.1) is 0 Å².